The molecule has 0 spiro atoms. The van der Waals surface area contributed by atoms with Gasteiger partial charge in [-0.25, -0.2) is 0 Å². The molecule has 0 aliphatic carbocycles. The predicted octanol–water partition coefficient (Wildman–Crippen LogP) is 15.6. The van der Waals surface area contributed by atoms with Crippen LogP contribution in [0.5, 0.6) is 0 Å². The monoisotopic (exact) mass is 719 g/mol. The molecule has 0 amide bonds. The molecule has 2 heterocycles. The van der Waals surface area contributed by atoms with Crippen LogP contribution in [-0.2, 0) is 0 Å². The van der Waals surface area contributed by atoms with Crippen molar-refractivity contribution in [3.63, 3.8) is 0 Å². The number of rotatable bonds is 6. The molecule has 2 nitrogen and oxygen atoms in total. The van der Waals surface area contributed by atoms with Gasteiger partial charge in [-0.05, 0) is 87.8 Å². The minimum Gasteiger partial charge on any atom is -0.455 e. The molecule has 0 atom stereocenters. The SMILES string of the molecule is c1ccc(-c2ccc(-c3ccc(N(c4ccc5sc6ccccc6c5c4)c4ccccc4-c4cccc5oc6c7ccccc7ccc6c45)cc3)cc2)cc1. The molecule has 0 fully saturated rings. The predicted molar refractivity (Wildman–Crippen MR) is 235 cm³/mol. The van der Waals surface area contributed by atoms with Crippen LogP contribution in [0.4, 0.5) is 17.1 Å². The molecule has 2 aromatic heterocycles. The van der Waals surface area contributed by atoms with Crippen LogP contribution >= 0.6 is 11.3 Å². The summed E-state index contributed by atoms with van der Waals surface area (Å²) in [4.78, 5) is 2.42. The Labute approximate surface area is 322 Å². The zero-order chi connectivity index (χ0) is 36.3. The first-order chi connectivity index (χ1) is 27.3. The van der Waals surface area contributed by atoms with Gasteiger partial charge < -0.3 is 9.32 Å². The number of anilines is 3. The Morgan fingerprint density at radius 3 is 1.82 bits per heavy atom. The van der Waals surface area contributed by atoms with Crippen molar-refractivity contribution in [3.05, 3.63) is 200 Å². The van der Waals surface area contributed by atoms with Crippen molar-refractivity contribution in [2.24, 2.45) is 0 Å². The van der Waals surface area contributed by atoms with Crippen molar-refractivity contribution in [1.82, 2.24) is 0 Å². The van der Waals surface area contributed by atoms with Crippen LogP contribution in [0.1, 0.15) is 0 Å². The van der Waals surface area contributed by atoms with E-state index >= 15 is 0 Å². The van der Waals surface area contributed by atoms with Crippen molar-refractivity contribution in [3.8, 4) is 33.4 Å². The second-order valence-corrected chi connectivity index (χ2v) is 15.1. The number of fused-ring (bicyclic) bond motifs is 8. The van der Waals surface area contributed by atoms with Crippen molar-refractivity contribution in [2.75, 3.05) is 4.90 Å². The maximum atomic E-state index is 6.65. The topological polar surface area (TPSA) is 16.4 Å². The first kappa shape index (κ1) is 31.6. The van der Waals surface area contributed by atoms with Crippen LogP contribution in [-0.4, -0.2) is 0 Å². The van der Waals surface area contributed by atoms with Crippen LogP contribution in [0.2, 0.25) is 0 Å². The molecule has 0 saturated carbocycles. The van der Waals surface area contributed by atoms with Gasteiger partial charge in [-0.3, -0.25) is 0 Å². The fourth-order valence-corrected chi connectivity index (χ4v) is 9.33. The van der Waals surface area contributed by atoms with Crippen LogP contribution in [0.25, 0.3) is 86.3 Å². The molecule has 0 N–H and O–H groups in total. The fraction of sp³-hybridized carbons (Fsp3) is 0. The summed E-state index contributed by atoms with van der Waals surface area (Å²) in [6.45, 7) is 0. The van der Waals surface area contributed by atoms with Gasteiger partial charge in [0.05, 0.1) is 5.69 Å². The third kappa shape index (κ3) is 5.32. The highest BCUT2D eigenvalue weighted by atomic mass is 32.1. The number of thiophene rings is 1. The van der Waals surface area contributed by atoms with E-state index in [1.165, 1.54) is 47.8 Å². The number of nitrogens with zero attached hydrogens (tertiary/aromatic N) is 1. The highest BCUT2D eigenvalue weighted by Crippen LogP contribution is 2.47. The summed E-state index contributed by atoms with van der Waals surface area (Å²) in [5.41, 5.74) is 12.2. The normalized spacial score (nSPS) is 11.6. The maximum Gasteiger partial charge on any atom is 0.143 e. The smallest absolute Gasteiger partial charge is 0.143 e. The second-order valence-electron chi connectivity index (χ2n) is 14.1. The van der Waals surface area contributed by atoms with E-state index in [9.17, 15) is 0 Å². The maximum absolute atomic E-state index is 6.65. The van der Waals surface area contributed by atoms with Gasteiger partial charge in [0.25, 0.3) is 0 Å². The van der Waals surface area contributed by atoms with Gasteiger partial charge >= 0.3 is 0 Å². The third-order valence-corrected chi connectivity index (χ3v) is 12.0. The summed E-state index contributed by atoms with van der Waals surface area (Å²) in [6, 6.07) is 72.2. The Morgan fingerprint density at radius 1 is 0.382 bits per heavy atom. The van der Waals surface area contributed by atoms with Gasteiger partial charge in [-0.15, -0.1) is 11.3 Å². The second kappa shape index (κ2) is 12.9. The van der Waals surface area contributed by atoms with Gasteiger partial charge in [-0.1, -0.05) is 146 Å². The van der Waals surface area contributed by atoms with E-state index < -0.39 is 0 Å². The Morgan fingerprint density at radius 2 is 1.00 bits per heavy atom. The summed E-state index contributed by atoms with van der Waals surface area (Å²) in [6.07, 6.45) is 0. The Bertz CT molecular complexity index is 3190. The average molecular weight is 720 g/mol. The zero-order valence-corrected chi connectivity index (χ0v) is 30.6. The van der Waals surface area contributed by atoms with Gasteiger partial charge in [-0.2, -0.15) is 0 Å². The Hall–Kier alpha value is -6.94. The third-order valence-electron chi connectivity index (χ3n) is 10.9. The van der Waals surface area contributed by atoms with Gasteiger partial charge in [0.1, 0.15) is 11.2 Å². The first-order valence-corrected chi connectivity index (χ1v) is 19.5. The number of furan rings is 1. The van der Waals surface area contributed by atoms with E-state index in [0.717, 1.165) is 55.5 Å². The molecule has 55 heavy (non-hydrogen) atoms. The molecule has 0 bridgehead atoms. The van der Waals surface area contributed by atoms with Crippen molar-refractivity contribution >= 4 is 81.3 Å². The van der Waals surface area contributed by atoms with Crippen LogP contribution in [0, 0.1) is 0 Å². The molecule has 9 aromatic carbocycles. The van der Waals surface area contributed by atoms with Crippen molar-refractivity contribution < 1.29 is 4.42 Å². The van der Waals surface area contributed by atoms with E-state index in [-0.39, 0.29) is 0 Å². The number of para-hydroxylation sites is 1. The molecule has 0 aliphatic rings. The highest BCUT2D eigenvalue weighted by molar-refractivity contribution is 7.25. The van der Waals surface area contributed by atoms with Gasteiger partial charge in [0.15, 0.2) is 0 Å². The standard InChI is InChI=1S/C52H33NOS/c1-2-11-34(12-3-1)35-21-23-36(24-22-35)37-25-28-39(29-26-37)53(40-30-32-50-46(33-40)43-16-7-9-20-49(43)55-50)47-18-8-6-15-42(47)44-17-10-19-48-51(44)45-31-27-38-13-4-5-14-41(38)52(45)54-48/h1-33H. The van der Waals surface area contributed by atoms with Gasteiger partial charge in [0, 0.05) is 53.3 Å². The lowest BCUT2D eigenvalue weighted by molar-refractivity contribution is 0.673. The summed E-state index contributed by atoms with van der Waals surface area (Å²) >= 11 is 1.85. The molecule has 3 heteroatoms. The number of hydrogen-bond donors (Lipinski definition) is 0. The first-order valence-electron chi connectivity index (χ1n) is 18.7. The lowest BCUT2D eigenvalue weighted by atomic mass is 9.96. The fourth-order valence-electron chi connectivity index (χ4n) is 8.24. The lowest BCUT2D eigenvalue weighted by Crippen LogP contribution is -2.11. The molecule has 0 saturated heterocycles. The summed E-state index contributed by atoms with van der Waals surface area (Å²) in [5, 5.41) is 7.11. The van der Waals surface area contributed by atoms with Gasteiger partial charge in [0.2, 0.25) is 0 Å². The Kier molecular flexibility index (Phi) is 7.39. The van der Waals surface area contributed by atoms with Crippen molar-refractivity contribution in [1.29, 1.82) is 0 Å². The molecule has 258 valence electrons. The molecular formula is C52H33NOS. The van der Waals surface area contributed by atoms with E-state index in [4.69, 9.17) is 4.42 Å². The number of hydrogen-bond acceptors (Lipinski definition) is 3. The highest BCUT2D eigenvalue weighted by Gasteiger charge is 2.22. The van der Waals surface area contributed by atoms with E-state index in [2.05, 4.69) is 205 Å². The molecule has 0 unspecified atom stereocenters. The average Bonchev–Trinajstić information content (AvgIpc) is 3.83. The van der Waals surface area contributed by atoms with Crippen LogP contribution in [0.3, 0.4) is 0 Å². The molecule has 0 radical (unpaired) electrons. The summed E-state index contributed by atoms with van der Waals surface area (Å²) < 4.78 is 9.24. The molecule has 0 aliphatic heterocycles. The van der Waals surface area contributed by atoms with Crippen LogP contribution < -0.4 is 4.90 Å². The molecule has 11 aromatic rings. The summed E-state index contributed by atoms with van der Waals surface area (Å²) in [5.74, 6) is 0. The molecule has 11 rings (SSSR count). The number of benzene rings is 9. The minimum atomic E-state index is 0.888. The van der Waals surface area contributed by atoms with E-state index in [1.54, 1.807) is 0 Å². The summed E-state index contributed by atoms with van der Waals surface area (Å²) in [7, 11) is 0. The molecular weight excluding hydrogens is 687 g/mol. The van der Waals surface area contributed by atoms with Crippen LogP contribution in [0.15, 0.2) is 205 Å². The largest absolute Gasteiger partial charge is 0.455 e. The Balaban J connectivity index is 1.09. The van der Waals surface area contributed by atoms with E-state index in [0.29, 0.717) is 0 Å². The minimum absolute atomic E-state index is 0.888. The quantitative estimate of drug-likeness (QED) is 0.170. The van der Waals surface area contributed by atoms with Crippen molar-refractivity contribution in [2.45, 2.75) is 0 Å². The lowest BCUT2D eigenvalue weighted by Gasteiger charge is -2.28. The van der Waals surface area contributed by atoms with E-state index in [1.807, 2.05) is 11.3 Å². The zero-order valence-electron chi connectivity index (χ0n) is 29.8.